The van der Waals surface area contributed by atoms with Gasteiger partial charge in [-0.3, -0.25) is 4.79 Å². The van der Waals surface area contributed by atoms with E-state index in [1.807, 2.05) is 6.26 Å². The molecule has 1 aromatic rings. The zero-order chi connectivity index (χ0) is 12.3. The van der Waals surface area contributed by atoms with E-state index < -0.39 is 5.82 Å². The highest BCUT2D eigenvalue weighted by Crippen LogP contribution is 2.24. The number of carbonyl (C=O) groups excluding carboxylic acids is 1. The van der Waals surface area contributed by atoms with Crippen molar-refractivity contribution in [1.29, 1.82) is 0 Å². The maximum absolute atomic E-state index is 13.7. The van der Waals surface area contributed by atoms with E-state index in [2.05, 4.69) is 5.32 Å². The molecule has 0 spiro atoms. The summed E-state index contributed by atoms with van der Waals surface area (Å²) in [7, 11) is 0. The summed E-state index contributed by atoms with van der Waals surface area (Å²) in [6, 6.07) is 4.77. The Balaban J connectivity index is 0.00000162. The van der Waals surface area contributed by atoms with Gasteiger partial charge in [-0.2, -0.15) is 0 Å². The van der Waals surface area contributed by atoms with E-state index in [1.165, 1.54) is 17.8 Å². The lowest BCUT2D eigenvalue weighted by Crippen LogP contribution is -2.32. The van der Waals surface area contributed by atoms with Crippen LogP contribution < -0.4 is 5.32 Å². The Morgan fingerprint density at radius 1 is 1.39 bits per heavy atom. The van der Waals surface area contributed by atoms with Crippen LogP contribution >= 0.6 is 24.2 Å². The summed E-state index contributed by atoms with van der Waals surface area (Å²) < 4.78 is 13.7. The molecule has 5 heteroatoms. The van der Waals surface area contributed by atoms with Crippen LogP contribution in [-0.2, 0) is 0 Å². The van der Waals surface area contributed by atoms with Crippen molar-refractivity contribution in [3.05, 3.63) is 29.6 Å². The second-order valence-corrected chi connectivity index (χ2v) is 5.11. The maximum atomic E-state index is 13.7. The van der Waals surface area contributed by atoms with Crippen molar-refractivity contribution in [3.63, 3.8) is 0 Å². The predicted octanol–water partition coefficient (Wildman–Crippen LogP) is 3.15. The molecule has 1 aliphatic rings. The number of Topliss-reactive ketones (excluding diaryl/α,β-unsaturated/α-hetero) is 1. The largest absolute Gasteiger partial charge is 0.317 e. The molecule has 0 radical (unpaired) electrons. The standard InChI is InChI=1S/C13H16FNOS.ClH/c1-17-10-2-3-12(14)11(8-10)13(16)9-4-6-15-7-5-9;/h2-3,8-9,15H,4-7H2,1H3;1H. The number of nitrogens with one attached hydrogen (secondary N) is 1. The van der Waals surface area contributed by atoms with Crippen molar-refractivity contribution in [2.45, 2.75) is 17.7 Å². The summed E-state index contributed by atoms with van der Waals surface area (Å²) in [5, 5.41) is 3.21. The van der Waals surface area contributed by atoms with Gasteiger partial charge in [-0.1, -0.05) is 0 Å². The molecule has 1 N–H and O–H groups in total. The van der Waals surface area contributed by atoms with Crippen LogP contribution in [0.1, 0.15) is 23.2 Å². The normalized spacial score (nSPS) is 16.1. The number of benzene rings is 1. The molecular weight excluding hydrogens is 273 g/mol. The highest BCUT2D eigenvalue weighted by Gasteiger charge is 2.24. The summed E-state index contributed by atoms with van der Waals surface area (Å²) >= 11 is 1.52. The highest BCUT2D eigenvalue weighted by molar-refractivity contribution is 7.98. The van der Waals surface area contributed by atoms with E-state index in [0.717, 1.165) is 30.8 Å². The second kappa shape index (κ2) is 7.12. The molecular formula is C13H17ClFNOS. The van der Waals surface area contributed by atoms with Crippen molar-refractivity contribution in [2.75, 3.05) is 19.3 Å². The van der Waals surface area contributed by atoms with Crippen LogP contribution in [0.15, 0.2) is 23.1 Å². The Bertz CT molecular complexity index is 421. The van der Waals surface area contributed by atoms with Crippen molar-refractivity contribution in [1.82, 2.24) is 5.32 Å². The average Bonchev–Trinajstić information content (AvgIpc) is 2.39. The molecule has 100 valence electrons. The quantitative estimate of drug-likeness (QED) is 0.685. The Morgan fingerprint density at radius 3 is 2.67 bits per heavy atom. The monoisotopic (exact) mass is 289 g/mol. The Labute approximate surface area is 117 Å². The molecule has 2 rings (SSSR count). The van der Waals surface area contributed by atoms with Gasteiger partial charge in [0.2, 0.25) is 0 Å². The molecule has 1 aliphatic heterocycles. The molecule has 1 saturated heterocycles. The molecule has 1 aromatic carbocycles. The zero-order valence-electron chi connectivity index (χ0n) is 10.2. The molecule has 0 amide bonds. The first-order valence-corrected chi connectivity index (χ1v) is 7.03. The lowest BCUT2D eigenvalue weighted by molar-refractivity contribution is 0.0890. The average molecular weight is 290 g/mol. The summed E-state index contributed by atoms with van der Waals surface area (Å²) in [5.74, 6) is -0.464. The minimum absolute atomic E-state index is 0. The first kappa shape index (κ1) is 15.5. The molecule has 1 fully saturated rings. The fourth-order valence-electron chi connectivity index (χ4n) is 2.12. The summed E-state index contributed by atoms with van der Waals surface area (Å²) in [4.78, 5) is 13.1. The molecule has 1 heterocycles. The highest BCUT2D eigenvalue weighted by atomic mass is 35.5. The molecule has 18 heavy (non-hydrogen) atoms. The van der Waals surface area contributed by atoms with Gasteiger partial charge in [0, 0.05) is 10.8 Å². The van der Waals surface area contributed by atoms with E-state index in [-0.39, 0.29) is 29.7 Å². The van der Waals surface area contributed by atoms with E-state index in [9.17, 15) is 9.18 Å². The smallest absolute Gasteiger partial charge is 0.169 e. The molecule has 0 unspecified atom stereocenters. The first-order valence-electron chi connectivity index (χ1n) is 5.81. The van der Waals surface area contributed by atoms with E-state index in [4.69, 9.17) is 0 Å². The van der Waals surface area contributed by atoms with Crippen LogP contribution in [0.25, 0.3) is 0 Å². The van der Waals surface area contributed by atoms with E-state index in [1.54, 1.807) is 12.1 Å². The van der Waals surface area contributed by atoms with Crippen LogP contribution in [-0.4, -0.2) is 25.1 Å². The predicted molar refractivity (Wildman–Crippen MR) is 75.4 cm³/mol. The minimum atomic E-state index is -0.397. The lowest BCUT2D eigenvalue weighted by Gasteiger charge is -2.21. The Hall–Kier alpha value is -0.580. The van der Waals surface area contributed by atoms with Gasteiger partial charge >= 0.3 is 0 Å². The van der Waals surface area contributed by atoms with Crippen LogP contribution in [0, 0.1) is 11.7 Å². The third kappa shape index (κ3) is 3.46. The van der Waals surface area contributed by atoms with Crippen LogP contribution in [0.5, 0.6) is 0 Å². The third-order valence-electron chi connectivity index (χ3n) is 3.15. The number of halogens is 2. The SMILES string of the molecule is CSc1ccc(F)c(C(=O)C2CCNCC2)c1.Cl. The summed E-state index contributed by atoms with van der Waals surface area (Å²) in [6.45, 7) is 1.69. The van der Waals surface area contributed by atoms with Gasteiger partial charge in [0.1, 0.15) is 5.82 Å². The first-order chi connectivity index (χ1) is 8.22. The van der Waals surface area contributed by atoms with Gasteiger partial charge < -0.3 is 5.32 Å². The van der Waals surface area contributed by atoms with Crippen LogP contribution in [0.2, 0.25) is 0 Å². The molecule has 0 saturated carbocycles. The number of ketones is 1. The number of carbonyl (C=O) groups is 1. The Morgan fingerprint density at radius 2 is 2.06 bits per heavy atom. The van der Waals surface area contributed by atoms with Crippen molar-refractivity contribution >= 4 is 30.0 Å². The molecule has 0 atom stereocenters. The van der Waals surface area contributed by atoms with Gasteiger partial charge in [-0.05, 0) is 50.4 Å². The molecule has 0 aromatic heterocycles. The summed E-state index contributed by atoms with van der Waals surface area (Å²) in [6.07, 6.45) is 3.54. The molecule has 0 aliphatic carbocycles. The lowest BCUT2D eigenvalue weighted by atomic mass is 9.89. The summed E-state index contributed by atoms with van der Waals surface area (Å²) in [5.41, 5.74) is 0.253. The molecule has 2 nitrogen and oxygen atoms in total. The van der Waals surface area contributed by atoms with Gasteiger partial charge in [-0.15, -0.1) is 24.2 Å². The third-order valence-corrected chi connectivity index (χ3v) is 3.87. The fourth-order valence-corrected chi connectivity index (χ4v) is 2.56. The van der Waals surface area contributed by atoms with Gasteiger partial charge in [-0.25, -0.2) is 4.39 Å². The van der Waals surface area contributed by atoms with Crippen molar-refractivity contribution in [2.24, 2.45) is 5.92 Å². The second-order valence-electron chi connectivity index (χ2n) is 4.23. The van der Waals surface area contributed by atoms with Crippen molar-refractivity contribution < 1.29 is 9.18 Å². The minimum Gasteiger partial charge on any atom is -0.317 e. The number of hydrogen-bond donors (Lipinski definition) is 1. The van der Waals surface area contributed by atoms with E-state index in [0.29, 0.717) is 0 Å². The van der Waals surface area contributed by atoms with Gasteiger partial charge in [0.15, 0.2) is 5.78 Å². The van der Waals surface area contributed by atoms with Crippen LogP contribution in [0.4, 0.5) is 4.39 Å². The number of piperidine rings is 1. The molecule has 0 bridgehead atoms. The van der Waals surface area contributed by atoms with Crippen LogP contribution in [0.3, 0.4) is 0 Å². The van der Waals surface area contributed by atoms with E-state index >= 15 is 0 Å². The van der Waals surface area contributed by atoms with Gasteiger partial charge in [0.25, 0.3) is 0 Å². The fraction of sp³-hybridized carbons (Fsp3) is 0.462. The zero-order valence-corrected chi connectivity index (χ0v) is 11.9. The number of rotatable bonds is 3. The topological polar surface area (TPSA) is 29.1 Å². The maximum Gasteiger partial charge on any atom is 0.169 e. The number of thioether (sulfide) groups is 1. The van der Waals surface area contributed by atoms with Gasteiger partial charge in [0.05, 0.1) is 5.56 Å². The Kier molecular flexibility index (Phi) is 6.12. The number of hydrogen-bond acceptors (Lipinski definition) is 3. The van der Waals surface area contributed by atoms with Crippen molar-refractivity contribution in [3.8, 4) is 0 Å².